The summed E-state index contributed by atoms with van der Waals surface area (Å²) in [4.78, 5) is 0. The predicted molar refractivity (Wildman–Crippen MR) is 67.9 cm³/mol. The molecule has 0 aliphatic rings. The van der Waals surface area contributed by atoms with Gasteiger partial charge in [-0.1, -0.05) is 12.1 Å². The summed E-state index contributed by atoms with van der Waals surface area (Å²) in [5, 5.41) is 17.0. The number of hydrogen-bond acceptors (Lipinski definition) is 3. The molecule has 0 radical (unpaired) electrons. The molecule has 0 saturated carbocycles. The number of aromatic hydroxyl groups is 1. The molecule has 1 aromatic heterocycles. The standard InChI is InChI=1S/C13H15NOS/c1-14-13(11-5-6-16-9-11)8-10-3-2-4-12(15)7-10/h2-7,9,13-15H,8H2,1H3. The lowest BCUT2D eigenvalue weighted by Gasteiger charge is -2.15. The third kappa shape index (κ3) is 2.62. The smallest absolute Gasteiger partial charge is 0.115 e. The van der Waals surface area contributed by atoms with E-state index < -0.39 is 0 Å². The summed E-state index contributed by atoms with van der Waals surface area (Å²) >= 11 is 1.71. The molecule has 1 heterocycles. The first-order valence-electron chi connectivity index (χ1n) is 5.27. The van der Waals surface area contributed by atoms with E-state index in [2.05, 4.69) is 22.1 Å². The molecule has 2 aromatic rings. The van der Waals surface area contributed by atoms with Crippen LogP contribution < -0.4 is 5.32 Å². The minimum atomic E-state index is 0.313. The summed E-state index contributed by atoms with van der Waals surface area (Å²) in [5.41, 5.74) is 2.45. The van der Waals surface area contributed by atoms with Crippen LogP contribution in [0.2, 0.25) is 0 Å². The molecule has 1 atom stereocenters. The maximum absolute atomic E-state index is 9.41. The normalized spacial score (nSPS) is 12.6. The number of likely N-dealkylation sites (N-methyl/N-ethyl adjacent to an activating group) is 1. The summed E-state index contributed by atoms with van der Waals surface area (Å²) < 4.78 is 0. The molecule has 0 bridgehead atoms. The highest BCUT2D eigenvalue weighted by atomic mass is 32.1. The first-order chi connectivity index (χ1) is 7.79. The van der Waals surface area contributed by atoms with Gasteiger partial charge in [0, 0.05) is 6.04 Å². The Hall–Kier alpha value is -1.32. The van der Waals surface area contributed by atoms with E-state index in [-0.39, 0.29) is 0 Å². The highest BCUT2D eigenvalue weighted by molar-refractivity contribution is 7.07. The van der Waals surface area contributed by atoms with Gasteiger partial charge in [0.15, 0.2) is 0 Å². The Bertz CT molecular complexity index is 439. The third-order valence-electron chi connectivity index (χ3n) is 2.64. The number of hydrogen-bond donors (Lipinski definition) is 2. The molecule has 1 unspecified atom stereocenters. The van der Waals surface area contributed by atoms with Gasteiger partial charge in [-0.3, -0.25) is 0 Å². The van der Waals surface area contributed by atoms with E-state index in [0.717, 1.165) is 12.0 Å². The van der Waals surface area contributed by atoms with Gasteiger partial charge in [0.05, 0.1) is 0 Å². The van der Waals surface area contributed by atoms with Crippen LogP contribution in [0.25, 0.3) is 0 Å². The summed E-state index contributed by atoms with van der Waals surface area (Å²) in [6.07, 6.45) is 0.891. The molecule has 0 spiro atoms. The van der Waals surface area contributed by atoms with Crippen molar-refractivity contribution in [1.82, 2.24) is 5.32 Å². The van der Waals surface area contributed by atoms with Gasteiger partial charge in [-0.2, -0.15) is 11.3 Å². The van der Waals surface area contributed by atoms with Crippen molar-refractivity contribution in [2.24, 2.45) is 0 Å². The molecule has 84 valence electrons. The van der Waals surface area contributed by atoms with Crippen LogP contribution in [0.15, 0.2) is 41.1 Å². The SMILES string of the molecule is CNC(Cc1cccc(O)c1)c1ccsc1. The fourth-order valence-electron chi connectivity index (χ4n) is 1.78. The van der Waals surface area contributed by atoms with E-state index in [9.17, 15) is 5.11 Å². The van der Waals surface area contributed by atoms with Crippen LogP contribution >= 0.6 is 11.3 Å². The quantitative estimate of drug-likeness (QED) is 0.851. The second kappa shape index (κ2) is 5.14. The van der Waals surface area contributed by atoms with Crippen molar-refractivity contribution in [3.63, 3.8) is 0 Å². The number of benzene rings is 1. The maximum atomic E-state index is 9.41. The van der Waals surface area contributed by atoms with Crippen molar-refractivity contribution < 1.29 is 5.11 Å². The maximum Gasteiger partial charge on any atom is 0.115 e. The Morgan fingerprint density at radius 2 is 2.25 bits per heavy atom. The number of rotatable bonds is 4. The largest absolute Gasteiger partial charge is 0.508 e. The van der Waals surface area contributed by atoms with Gasteiger partial charge in [-0.15, -0.1) is 0 Å². The molecule has 0 fully saturated rings. The molecule has 2 nitrogen and oxygen atoms in total. The minimum Gasteiger partial charge on any atom is -0.508 e. The van der Waals surface area contributed by atoms with Crippen molar-refractivity contribution >= 4 is 11.3 Å². The highest BCUT2D eigenvalue weighted by Crippen LogP contribution is 2.22. The Morgan fingerprint density at radius 1 is 1.38 bits per heavy atom. The van der Waals surface area contributed by atoms with Crippen molar-refractivity contribution in [3.8, 4) is 5.75 Å². The van der Waals surface area contributed by atoms with E-state index in [1.54, 1.807) is 17.4 Å². The first-order valence-corrected chi connectivity index (χ1v) is 6.21. The van der Waals surface area contributed by atoms with Crippen LogP contribution in [0.3, 0.4) is 0 Å². The minimum absolute atomic E-state index is 0.313. The zero-order chi connectivity index (χ0) is 11.4. The molecule has 2 rings (SSSR count). The van der Waals surface area contributed by atoms with Crippen LogP contribution in [0.5, 0.6) is 5.75 Å². The molecule has 1 aromatic carbocycles. The average Bonchev–Trinajstić information content (AvgIpc) is 2.79. The monoisotopic (exact) mass is 233 g/mol. The fourth-order valence-corrected chi connectivity index (χ4v) is 2.49. The van der Waals surface area contributed by atoms with Crippen LogP contribution in [0.4, 0.5) is 0 Å². The highest BCUT2D eigenvalue weighted by Gasteiger charge is 2.10. The summed E-state index contributed by atoms with van der Waals surface area (Å²) in [7, 11) is 1.96. The number of nitrogens with one attached hydrogen (secondary N) is 1. The third-order valence-corrected chi connectivity index (χ3v) is 3.35. The lowest BCUT2D eigenvalue weighted by atomic mass is 10.0. The summed E-state index contributed by atoms with van der Waals surface area (Å²) in [6, 6.07) is 9.88. The molecular formula is C13H15NOS. The molecule has 0 aliphatic carbocycles. The van der Waals surface area contributed by atoms with Crippen molar-refractivity contribution in [2.45, 2.75) is 12.5 Å². The zero-order valence-electron chi connectivity index (χ0n) is 9.18. The van der Waals surface area contributed by atoms with E-state index in [0.29, 0.717) is 11.8 Å². The summed E-state index contributed by atoms with van der Waals surface area (Å²) in [5.74, 6) is 0.331. The van der Waals surface area contributed by atoms with Gasteiger partial charge in [0.1, 0.15) is 5.75 Å². The lowest BCUT2D eigenvalue weighted by molar-refractivity contribution is 0.473. The van der Waals surface area contributed by atoms with Gasteiger partial charge in [0.25, 0.3) is 0 Å². The predicted octanol–water partition coefficient (Wildman–Crippen LogP) is 2.96. The van der Waals surface area contributed by atoms with Crippen LogP contribution in [0, 0.1) is 0 Å². The Morgan fingerprint density at radius 3 is 2.88 bits per heavy atom. The van der Waals surface area contributed by atoms with Gasteiger partial charge in [0.2, 0.25) is 0 Å². The second-order valence-corrected chi connectivity index (χ2v) is 4.55. The molecule has 3 heteroatoms. The van der Waals surface area contributed by atoms with Crippen molar-refractivity contribution in [1.29, 1.82) is 0 Å². The Balaban J connectivity index is 2.13. The molecule has 0 saturated heterocycles. The average molecular weight is 233 g/mol. The number of phenols is 1. The van der Waals surface area contributed by atoms with Gasteiger partial charge >= 0.3 is 0 Å². The van der Waals surface area contributed by atoms with Crippen LogP contribution in [-0.4, -0.2) is 12.2 Å². The number of thiophene rings is 1. The molecule has 0 aliphatic heterocycles. The van der Waals surface area contributed by atoms with Crippen molar-refractivity contribution in [3.05, 3.63) is 52.2 Å². The van der Waals surface area contributed by atoms with Gasteiger partial charge in [-0.05, 0) is 53.6 Å². The zero-order valence-corrected chi connectivity index (χ0v) is 10.00. The van der Waals surface area contributed by atoms with E-state index in [1.165, 1.54) is 5.56 Å². The van der Waals surface area contributed by atoms with Gasteiger partial charge in [-0.25, -0.2) is 0 Å². The van der Waals surface area contributed by atoms with E-state index in [1.807, 2.05) is 25.2 Å². The van der Waals surface area contributed by atoms with Crippen molar-refractivity contribution in [2.75, 3.05) is 7.05 Å². The molecule has 16 heavy (non-hydrogen) atoms. The first kappa shape index (κ1) is 11.2. The Labute approximate surface area is 99.6 Å². The second-order valence-electron chi connectivity index (χ2n) is 3.77. The van der Waals surface area contributed by atoms with E-state index in [4.69, 9.17) is 0 Å². The summed E-state index contributed by atoms with van der Waals surface area (Å²) in [6.45, 7) is 0. The lowest BCUT2D eigenvalue weighted by Crippen LogP contribution is -2.18. The fraction of sp³-hybridized carbons (Fsp3) is 0.231. The Kier molecular flexibility index (Phi) is 3.59. The van der Waals surface area contributed by atoms with Gasteiger partial charge < -0.3 is 10.4 Å². The van der Waals surface area contributed by atoms with Crippen LogP contribution in [-0.2, 0) is 6.42 Å². The number of phenolic OH excluding ortho intramolecular Hbond substituents is 1. The topological polar surface area (TPSA) is 32.3 Å². The van der Waals surface area contributed by atoms with Crippen LogP contribution in [0.1, 0.15) is 17.2 Å². The molecular weight excluding hydrogens is 218 g/mol. The van der Waals surface area contributed by atoms with E-state index >= 15 is 0 Å². The molecule has 0 amide bonds. The molecule has 2 N–H and O–H groups in total.